The van der Waals surface area contributed by atoms with E-state index in [2.05, 4.69) is 34.2 Å². The van der Waals surface area contributed by atoms with Crippen LogP contribution in [0.4, 0.5) is 0 Å². The van der Waals surface area contributed by atoms with Gasteiger partial charge in [-0.15, -0.1) is 0 Å². The summed E-state index contributed by atoms with van der Waals surface area (Å²) in [5, 5.41) is 8.10. The fourth-order valence-electron chi connectivity index (χ4n) is 2.10. The van der Waals surface area contributed by atoms with E-state index in [4.69, 9.17) is 0 Å². The van der Waals surface area contributed by atoms with Gasteiger partial charge in [-0.25, -0.2) is 14.6 Å². The predicted octanol–water partition coefficient (Wildman–Crippen LogP) is 1.53. The quantitative estimate of drug-likeness (QED) is 0.884. The Hall–Kier alpha value is -1.75. The van der Waals surface area contributed by atoms with E-state index in [1.807, 2.05) is 10.7 Å². The standard InChI is InChI=1S/C13H17N5/c1-9-12(7-15-11-3-4-11)10(2)18(17-9)13-5-6-14-8-16-13/h5-6,8,11,15H,3-4,7H2,1-2H3. The van der Waals surface area contributed by atoms with E-state index in [1.54, 1.807) is 12.5 Å². The number of aromatic nitrogens is 4. The molecule has 1 aliphatic carbocycles. The lowest BCUT2D eigenvalue weighted by atomic mass is 10.2. The van der Waals surface area contributed by atoms with Gasteiger partial charge in [0.05, 0.1) is 5.69 Å². The lowest BCUT2D eigenvalue weighted by Crippen LogP contribution is -2.16. The number of hydrogen-bond donors (Lipinski definition) is 1. The van der Waals surface area contributed by atoms with Crippen molar-refractivity contribution in [3.63, 3.8) is 0 Å². The SMILES string of the molecule is Cc1nn(-c2ccncn2)c(C)c1CNC1CC1. The van der Waals surface area contributed by atoms with Gasteiger partial charge >= 0.3 is 0 Å². The molecule has 18 heavy (non-hydrogen) atoms. The first-order chi connectivity index (χ1) is 8.75. The zero-order valence-corrected chi connectivity index (χ0v) is 10.7. The molecule has 0 amide bonds. The molecule has 2 aromatic rings. The highest BCUT2D eigenvalue weighted by Gasteiger charge is 2.22. The minimum Gasteiger partial charge on any atom is -0.310 e. The van der Waals surface area contributed by atoms with Crippen LogP contribution < -0.4 is 5.32 Å². The molecule has 0 unspecified atom stereocenters. The van der Waals surface area contributed by atoms with Gasteiger partial charge in [-0.2, -0.15) is 5.10 Å². The molecule has 2 heterocycles. The summed E-state index contributed by atoms with van der Waals surface area (Å²) in [7, 11) is 0. The van der Waals surface area contributed by atoms with Crippen molar-refractivity contribution in [1.29, 1.82) is 0 Å². The van der Waals surface area contributed by atoms with Crippen LogP contribution in [0.5, 0.6) is 0 Å². The first-order valence-electron chi connectivity index (χ1n) is 6.30. The minimum atomic E-state index is 0.714. The molecule has 0 aromatic carbocycles. The van der Waals surface area contributed by atoms with Crippen LogP contribution >= 0.6 is 0 Å². The van der Waals surface area contributed by atoms with Gasteiger partial charge in [-0.05, 0) is 26.7 Å². The van der Waals surface area contributed by atoms with Crippen LogP contribution in [0.3, 0.4) is 0 Å². The molecule has 1 N–H and O–H groups in total. The maximum atomic E-state index is 4.57. The average molecular weight is 243 g/mol. The lowest BCUT2D eigenvalue weighted by Gasteiger charge is -2.05. The Labute approximate surface area is 106 Å². The molecule has 3 rings (SSSR count). The highest BCUT2D eigenvalue weighted by Crippen LogP contribution is 2.21. The molecular weight excluding hydrogens is 226 g/mol. The van der Waals surface area contributed by atoms with E-state index in [9.17, 15) is 0 Å². The third-order valence-electron chi connectivity index (χ3n) is 3.37. The van der Waals surface area contributed by atoms with Gasteiger partial charge in [0.1, 0.15) is 6.33 Å². The second-order valence-electron chi connectivity index (χ2n) is 4.78. The van der Waals surface area contributed by atoms with Crippen LogP contribution in [-0.2, 0) is 6.54 Å². The normalized spacial score (nSPS) is 15.0. The highest BCUT2D eigenvalue weighted by atomic mass is 15.3. The first-order valence-corrected chi connectivity index (χ1v) is 6.30. The second kappa shape index (κ2) is 4.49. The molecule has 5 heteroatoms. The average Bonchev–Trinajstić information content (AvgIpc) is 3.16. The zero-order chi connectivity index (χ0) is 12.5. The smallest absolute Gasteiger partial charge is 0.156 e. The minimum absolute atomic E-state index is 0.714. The molecule has 0 spiro atoms. The molecule has 1 fully saturated rings. The first kappa shape index (κ1) is 11.3. The van der Waals surface area contributed by atoms with Crippen LogP contribution in [0, 0.1) is 13.8 Å². The third kappa shape index (κ3) is 2.13. The largest absolute Gasteiger partial charge is 0.310 e. The maximum absolute atomic E-state index is 4.57. The molecule has 1 aliphatic rings. The molecule has 0 aliphatic heterocycles. The van der Waals surface area contributed by atoms with E-state index < -0.39 is 0 Å². The van der Waals surface area contributed by atoms with Crippen molar-refractivity contribution in [2.24, 2.45) is 0 Å². The fraction of sp³-hybridized carbons (Fsp3) is 0.462. The van der Waals surface area contributed by atoms with Crippen molar-refractivity contribution in [1.82, 2.24) is 25.1 Å². The topological polar surface area (TPSA) is 55.6 Å². The van der Waals surface area contributed by atoms with Crippen LogP contribution in [0.25, 0.3) is 5.82 Å². The summed E-state index contributed by atoms with van der Waals surface area (Å²) in [5.41, 5.74) is 3.50. The molecule has 1 saturated carbocycles. The van der Waals surface area contributed by atoms with Crippen molar-refractivity contribution >= 4 is 0 Å². The number of aryl methyl sites for hydroxylation is 1. The molecule has 5 nitrogen and oxygen atoms in total. The van der Waals surface area contributed by atoms with Crippen molar-refractivity contribution < 1.29 is 0 Å². The van der Waals surface area contributed by atoms with E-state index in [1.165, 1.54) is 18.4 Å². The maximum Gasteiger partial charge on any atom is 0.156 e. The monoisotopic (exact) mass is 243 g/mol. The van der Waals surface area contributed by atoms with Crippen molar-refractivity contribution in [2.45, 2.75) is 39.3 Å². The van der Waals surface area contributed by atoms with E-state index in [-0.39, 0.29) is 0 Å². The van der Waals surface area contributed by atoms with E-state index >= 15 is 0 Å². The highest BCUT2D eigenvalue weighted by molar-refractivity contribution is 5.31. The number of nitrogens with zero attached hydrogens (tertiary/aromatic N) is 4. The Kier molecular flexibility index (Phi) is 2.83. The molecule has 94 valence electrons. The number of hydrogen-bond acceptors (Lipinski definition) is 4. The summed E-state index contributed by atoms with van der Waals surface area (Å²) in [6, 6.07) is 2.59. The Morgan fingerprint density at radius 2 is 2.22 bits per heavy atom. The Balaban J connectivity index is 1.89. The predicted molar refractivity (Wildman–Crippen MR) is 68.5 cm³/mol. The molecule has 2 aromatic heterocycles. The van der Waals surface area contributed by atoms with Crippen LogP contribution in [0.2, 0.25) is 0 Å². The number of nitrogens with one attached hydrogen (secondary N) is 1. The van der Waals surface area contributed by atoms with Gasteiger partial charge in [0.25, 0.3) is 0 Å². The van der Waals surface area contributed by atoms with Gasteiger partial charge < -0.3 is 5.32 Å². The van der Waals surface area contributed by atoms with Crippen molar-refractivity contribution in [3.05, 3.63) is 35.5 Å². The van der Waals surface area contributed by atoms with Gasteiger partial charge in [0.15, 0.2) is 5.82 Å². The van der Waals surface area contributed by atoms with Crippen molar-refractivity contribution in [2.75, 3.05) is 0 Å². The molecule has 0 saturated heterocycles. The molecule has 0 radical (unpaired) electrons. The summed E-state index contributed by atoms with van der Waals surface area (Å²) in [4.78, 5) is 8.17. The molecular formula is C13H17N5. The zero-order valence-electron chi connectivity index (χ0n) is 10.7. The van der Waals surface area contributed by atoms with Crippen molar-refractivity contribution in [3.8, 4) is 5.82 Å². The summed E-state index contributed by atoms with van der Waals surface area (Å²) < 4.78 is 1.89. The van der Waals surface area contributed by atoms with Gasteiger partial charge in [0, 0.05) is 36.1 Å². The van der Waals surface area contributed by atoms with E-state index in [0.29, 0.717) is 6.04 Å². The lowest BCUT2D eigenvalue weighted by molar-refractivity contribution is 0.681. The summed E-state index contributed by atoms with van der Waals surface area (Å²) >= 11 is 0. The Morgan fingerprint density at radius 1 is 1.39 bits per heavy atom. The summed E-state index contributed by atoms with van der Waals surface area (Å²) in [6.07, 6.45) is 5.89. The van der Waals surface area contributed by atoms with Gasteiger partial charge in [0.2, 0.25) is 0 Å². The molecule has 0 bridgehead atoms. The van der Waals surface area contributed by atoms with Crippen LogP contribution in [0.1, 0.15) is 29.8 Å². The Morgan fingerprint density at radius 3 is 2.89 bits per heavy atom. The molecule has 0 atom stereocenters. The summed E-state index contributed by atoms with van der Waals surface area (Å²) in [6.45, 7) is 5.04. The Bertz CT molecular complexity index is 542. The second-order valence-corrected chi connectivity index (χ2v) is 4.78. The third-order valence-corrected chi connectivity index (χ3v) is 3.37. The number of rotatable bonds is 4. The van der Waals surface area contributed by atoms with Crippen LogP contribution in [-0.4, -0.2) is 25.8 Å². The van der Waals surface area contributed by atoms with E-state index in [0.717, 1.165) is 23.8 Å². The summed E-state index contributed by atoms with van der Waals surface area (Å²) in [5.74, 6) is 0.822. The van der Waals surface area contributed by atoms with Crippen LogP contribution in [0.15, 0.2) is 18.6 Å². The fourth-order valence-corrected chi connectivity index (χ4v) is 2.10. The van der Waals surface area contributed by atoms with Gasteiger partial charge in [-0.1, -0.05) is 0 Å². The van der Waals surface area contributed by atoms with Gasteiger partial charge in [-0.3, -0.25) is 0 Å².